The van der Waals surface area contributed by atoms with Gasteiger partial charge in [0, 0.05) is 37.5 Å². The average Bonchev–Trinajstić information content (AvgIpc) is 2.92. The molecule has 35 heavy (non-hydrogen) atoms. The highest BCUT2D eigenvalue weighted by Crippen LogP contribution is 2.27. The molecule has 3 aromatic carbocycles. The lowest BCUT2D eigenvalue weighted by Crippen LogP contribution is -2.25. The minimum Gasteiger partial charge on any atom is -0.449 e. The van der Waals surface area contributed by atoms with Crippen LogP contribution in [0.1, 0.15) is 27.0 Å². The van der Waals surface area contributed by atoms with Gasteiger partial charge in [-0.3, -0.25) is 9.78 Å². The second-order valence-electron chi connectivity index (χ2n) is 7.97. The molecule has 4 aromatic rings. The summed E-state index contributed by atoms with van der Waals surface area (Å²) in [6, 6.07) is 28.8. The predicted octanol–water partition coefficient (Wildman–Crippen LogP) is 5.15. The topological polar surface area (TPSA) is 80.3 Å². The molecule has 0 unspecified atom stereocenters. The number of amides is 2. The second-order valence-corrected chi connectivity index (χ2v) is 7.97. The largest absolute Gasteiger partial charge is 0.449 e. The van der Waals surface area contributed by atoms with Crippen molar-refractivity contribution in [2.24, 2.45) is 0 Å². The summed E-state index contributed by atoms with van der Waals surface area (Å²) in [5.74, 6) is -0.174. The molecule has 1 aromatic heterocycles. The van der Waals surface area contributed by atoms with Gasteiger partial charge in [-0.05, 0) is 39.9 Å². The van der Waals surface area contributed by atoms with Crippen LogP contribution in [0.3, 0.4) is 0 Å². The molecular weight excluding hydrogens is 438 g/mol. The van der Waals surface area contributed by atoms with Crippen LogP contribution in [0, 0.1) is 0 Å². The van der Waals surface area contributed by atoms with Crippen molar-refractivity contribution < 1.29 is 14.3 Å². The Hall–Kier alpha value is -4.45. The summed E-state index contributed by atoms with van der Waals surface area (Å²) in [6.07, 6.45) is 3.61. The molecule has 6 nitrogen and oxygen atoms in total. The van der Waals surface area contributed by atoms with Crippen molar-refractivity contribution in [3.8, 4) is 11.1 Å². The van der Waals surface area contributed by atoms with E-state index in [0.717, 1.165) is 27.8 Å². The molecule has 0 radical (unpaired) electrons. The number of carbonyl (C=O) groups is 2. The van der Waals surface area contributed by atoms with E-state index < -0.39 is 6.09 Å². The minimum absolute atomic E-state index is 0.174. The number of hydrogen-bond acceptors (Lipinski definition) is 4. The van der Waals surface area contributed by atoms with Gasteiger partial charge in [-0.25, -0.2) is 4.79 Å². The van der Waals surface area contributed by atoms with Gasteiger partial charge in [-0.1, -0.05) is 78.9 Å². The fourth-order valence-electron chi connectivity index (χ4n) is 3.76. The van der Waals surface area contributed by atoms with Crippen molar-refractivity contribution in [1.82, 2.24) is 15.6 Å². The number of alkyl carbamates (subject to hydrolysis) is 1. The monoisotopic (exact) mass is 465 g/mol. The Balaban J connectivity index is 1.40. The molecule has 0 bridgehead atoms. The van der Waals surface area contributed by atoms with E-state index in [0.29, 0.717) is 25.1 Å². The smallest absolute Gasteiger partial charge is 0.407 e. The number of aromatic nitrogens is 1. The van der Waals surface area contributed by atoms with Crippen LogP contribution in [0.15, 0.2) is 103 Å². The Bertz CT molecular complexity index is 1260. The van der Waals surface area contributed by atoms with Crippen LogP contribution in [0.5, 0.6) is 0 Å². The highest BCUT2D eigenvalue weighted by atomic mass is 16.5. The molecule has 0 saturated heterocycles. The standard InChI is InChI=1S/C29H27N3O3/c33-28(31-20-23-11-8-17-30-19-23)27-15-7-6-14-26(27)25-13-5-4-12-24(25)21-32-29(34)35-18-16-22-9-2-1-3-10-22/h1-15,17,19H,16,18,20-21H2,(H,31,33)(H,32,34). The molecule has 0 aliphatic heterocycles. The zero-order chi connectivity index (χ0) is 24.3. The van der Waals surface area contributed by atoms with E-state index in [-0.39, 0.29) is 12.5 Å². The van der Waals surface area contributed by atoms with Crippen LogP contribution in [-0.4, -0.2) is 23.6 Å². The Morgan fingerprint density at radius 2 is 1.43 bits per heavy atom. The number of ether oxygens (including phenoxy) is 1. The maximum atomic E-state index is 13.0. The van der Waals surface area contributed by atoms with Gasteiger partial charge in [0.15, 0.2) is 0 Å². The summed E-state index contributed by atoms with van der Waals surface area (Å²) in [5, 5.41) is 5.79. The lowest BCUT2D eigenvalue weighted by atomic mass is 9.95. The Labute approximate surface area is 205 Å². The van der Waals surface area contributed by atoms with Crippen molar-refractivity contribution in [2.45, 2.75) is 19.5 Å². The summed E-state index contributed by atoms with van der Waals surface area (Å²) >= 11 is 0. The fourth-order valence-corrected chi connectivity index (χ4v) is 3.76. The van der Waals surface area contributed by atoms with Gasteiger partial charge in [0.05, 0.1) is 6.61 Å². The van der Waals surface area contributed by atoms with Crippen molar-refractivity contribution in [1.29, 1.82) is 0 Å². The maximum absolute atomic E-state index is 13.0. The first-order chi connectivity index (χ1) is 17.2. The first-order valence-corrected chi connectivity index (χ1v) is 11.5. The summed E-state index contributed by atoms with van der Waals surface area (Å²) in [7, 11) is 0. The number of pyridine rings is 1. The van der Waals surface area contributed by atoms with Gasteiger partial charge < -0.3 is 15.4 Å². The van der Waals surface area contributed by atoms with E-state index in [2.05, 4.69) is 15.6 Å². The highest BCUT2D eigenvalue weighted by molar-refractivity contribution is 6.01. The van der Waals surface area contributed by atoms with Crippen LogP contribution >= 0.6 is 0 Å². The number of carbonyl (C=O) groups excluding carboxylic acids is 2. The first kappa shape index (κ1) is 23.7. The molecule has 2 amide bonds. The van der Waals surface area contributed by atoms with Crippen LogP contribution in [-0.2, 0) is 24.2 Å². The van der Waals surface area contributed by atoms with Crippen molar-refractivity contribution >= 4 is 12.0 Å². The molecule has 4 rings (SSSR count). The van der Waals surface area contributed by atoms with E-state index in [1.807, 2.05) is 84.9 Å². The molecule has 0 aliphatic rings. The number of hydrogen-bond donors (Lipinski definition) is 2. The quantitative estimate of drug-likeness (QED) is 0.358. The van der Waals surface area contributed by atoms with Crippen molar-refractivity contribution in [2.75, 3.05) is 6.61 Å². The zero-order valence-corrected chi connectivity index (χ0v) is 19.3. The number of benzene rings is 3. The third-order valence-electron chi connectivity index (χ3n) is 5.54. The molecule has 176 valence electrons. The van der Waals surface area contributed by atoms with Gasteiger partial charge in [-0.15, -0.1) is 0 Å². The van der Waals surface area contributed by atoms with E-state index >= 15 is 0 Å². The number of nitrogens with zero attached hydrogens (tertiary/aromatic N) is 1. The molecule has 2 N–H and O–H groups in total. The Kier molecular flexibility index (Phi) is 8.22. The second kappa shape index (κ2) is 12.1. The van der Waals surface area contributed by atoms with Gasteiger partial charge >= 0.3 is 6.09 Å². The molecule has 0 fully saturated rings. The summed E-state index contributed by atoms with van der Waals surface area (Å²) in [6.45, 7) is 0.975. The van der Waals surface area contributed by atoms with E-state index in [1.54, 1.807) is 18.5 Å². The van der Waals surface area contributed by atoms with Crippen LogP contribution in [0.4, 0.5) is 4.79 Å². The Morgan fingerprint density at radius 3 is 2.23 bits per heavy atom. The normalized spacial score (nSPS) is 10.4. The average molecular weight is 466 g/mol. The number of nitrogens with one attached hydrogen (secondary N) is 2. The lowest BCUT2D eigenvalue weighted by Gasteiger charge is -2.15. The lowest BCUT2D eigenvalue weighted by molar-refractivity contribution is 0.0951. The van der Waals surface area contributed by atoms with Crippen LogP contribution < -0.4 is 10.6 Å². The molecule has 0 spiro atoms. The molecule has 6 heteroatoms. The van der Waals surface area contributed by atoms with E-state index in [4.69, 9.17) is 4.74 Å². The van der Waals surface area contributed by atoms with Gasteiger partial charge in [0.1, 0.15) is 0 Å². The molecule has 0 aliphatic carbocycles. The molecule has 0 saturated carbocycles. The Morgan fingerprint density at radius 1 is 0.714 bits per heavy atom. The third kappa shape index (κ3) is 6.77. The van der Waals surface area contributed by atoms with E-state index in [1.165, 1.54) is 0 Å². The minimum atomic E-state index is -0.474. The van der Waals surface area contributed by atoms with Gasteiger partial charge in [0.25, 0.3) is 5.91 Å². The molecular formula is C29H27N3O3. The van der Waals surface area contributed by atoms with Crippen LogP contribution in [0.2, 0.25) is 0 Å². The summed E-state index contributed by atoms with van der Waals surface area (Å²) < 4.78 is 5.33. The van der Waals surface area contributed by atoms with Crippen molar-refractivity contribution in [3.05, 3.63) is 126 Å². The summed E-state index contributed by atoms with van der Waals surface area (Å²) in [5.41, 5.74) is 5.17. The van der Waals surface area contributed by atoms with Gasteiger partial charge in [-0.2, -0.15) is 0 Å². The fraction of sp³-hybridized carbons (Fsp3) is 0.138. The first-order valence-electron chi connectivity index (χ1n) is 11.5. The van der Waals surface area contributed by atoms with Crippen LogP contribution in [0.25, 0.3) is 11.1 Å². The molecule has 0 atom stereocenters. The highest BCUT2D eigenvalue weighted by Gasteiger charge is 2.15. The summed E-state index contributed by atoms with van der Waals surface area (Å²) in [4.78, 5) is 29.3. The molecule has 1 heterocycles. The third-order valence-corrected chi connectivity index (χ3v) is 5.54. The predicted molar refractivity (Wildman–Crippen MR) is 136 cm³/mol. The maximum Gasteiger partial charge on any atom is 0.407 e. The van der Waals surface area contributed by atoms with Crippen molar-refractivity contribution in [3.63, 3.8) is 0 Å². The number of rotatable bonds is 9. The SMILES string of the molecule is O=C(NCc1ccccc1-c1ccccc1C(=O)NCc1cccnc1)OCCc1ccccc1. The zero-order valence-electron chi connectivity index (χ0n) is 19.3. The van der Waals surface area contributed by atoms with Gasteiger partial charge in [0.2, 0.25) is 0 Å². The van der Waals surface area contributed by atoms with E-state index in [9.17, 15) is 9.59 Å².